The molecule has 0 saturated heterocycles. The van der Waals surface area contributed by atoms with E-state index in [2.05, 4.69) is 17.0 Å². The largest absolute Gasteiger partial charge is 0.494 e. The summed E-state index contributed by atoms with van der Waals surface area (Å²) in [7, 11) is 2.87. The van der Waals surface area contributed by atoms with Crippen molar-refractivity contribution in [2.75, 3.05) is 20.8 Å². The van der Waals surface area contributed by atoms with E-state index in [0.29, 0.717) is 29.4 Å². The van der Waals surface area contributed by atoms with Crippen LogP contribution in [0.5, 0.6) is 5.75 Å². The molecule has 1 unspecified atom stereocenters. The third kappa shape index (κ3) is 5.68. The van der Waals surface area contributed by atoms with E-state index in [4.69, 9.17) is 9.57 Å². The van der Waals surface area contributed by atoms with Crippen molar-refractivity contribution in [2.45, 2.75) is 32.7 Å². The molecule has 0 spiro atoms. The van der Waals surface area contributed by atoms with Gasteiger partial charge in [-0.25, -0.2) is 9.75 Å². The smallest absolute Gasteiger partial charge is 0.270 e. The molecule has 0 aliphatic carbocycles. The van der Waals surface area contributed by atoms with Crippen molar-refractivity contribution >= 4 is 11.8 Å². The number of benzene rings is 1. The van der Waals surface area contributed by atoms with E-state index in [1.165, 1.54) is 14.2 Å². The fourth-order valence-corrected chi connectivity index (χ4v) is 2.71. The summed E-state index contributed by atoms with van der Waals surface area (Å²) < 4.78 is 7.21. The van der Waals surface area contributed by atoms with Crippen molar-refractivity contribution in [1.82, 2.24) is 20.2 Å². The van der Waals surface area contributed by atoms with E-state index in [0.717, 1.165) is 11.5 Å². The first-order chi connectivity index (χ1) is 13.9. The first-order valence-corrected chi connectivity index (χ1v) is 9.44. The molecule has 0 aliphatic heterocycles. The second-order valence-corrected chi connectivity index (χ2v) is 6.50. The molecule has 2 amide bonds. The molecule has 1 atom stereocenters. The van der Waals surface area contributed by atoms with Crippen LogP contribution in [0.3, 0.4) is 0 Å². The Morgan fingerprint density at radius 3 is 2.79 bits per heavy atom. The Morgan fingerprint density at radius 1 is 1.38 bits per heavy atom. The fraction of sp³-hybridized carbons (Fsp3) is 0.381. The molecule has 1 aromatic heterocycles. The van der Waals surface area contributed by atoms with Gasteiger partial charge >= 0.3 is 0 Å². The Bertz CT molecular complexity index is 862. The first-order valence-electron chi connectivity index (χ1n) is 9.44. The number of aromatic nitrogens is 2. The van der Waals surface area contributed by atoms with Crippen LogP contribution in [0.15, 0.2) is 43.0 Å². The molecule has 1 heterocycles. The molecular weight excluding hydrogens is 372 g/mol. The summed E-state index contributed by atoms with van der Waals surface area (Å²) in [5.41, 5.74) is 1.69. The average Bonchev–Trinajstić information content (AvgIpc) is 3.12. The molecule has 0 radical (unpaired) electrons. The Kier molecular flexibility index (Phi) is 7.97. The number of hydrogen-bond donors (Lipinski definition) is 1. The monoisotopic (exact) mass is 400 g/mol. The summed E-state index contributed by atoms with van der Waals surface area (Å²) in [5.74, 6) is -0.0982. The van der Waals surface area contributed by atoms with Gasteiger partial charge in [-0.1, -0.05) is 19.1 Å². The van der Waals surface area contributed by atoms with Crippen molar-refractivity contribution < 1.29 is 19.2 Å². The molecule has 1 N–H and O–H groups in total. The third-order valence-corrected chi connectivity index (χ3v) is 4.19. The van der Waals surface area contributed by atoms with Crippen molar-refractivity contribution in [3.63, 3.8) is 0 Å². The molecule has 29 heavy (non-hydrogen) atoms. The first kappa shape index (κ1) is 22.2. The van der Waals surface area contributed by atoms with Crippen molar-refractivity contribution in [3.05, 3.63) is 54.4 Å². The Hall–Kier alpha value is -3.13. The summed E-state index contributed by atoms with van der Waals surface area (Å²) in [6.07, 6.45) is 2.74. The predicted molar refractivity (Wildman–Crippen MR) is 110 cm³/mol. The van der Waals surface area contributed by atoms with Gasteiger partial charge in [-0.15, -0.1) is 6.58 Å². The van der Waals surface area contributed by atoms with Crippen LogP contribution in [0, 0.1) is 6.92 Å². The zero-order valence-electron chi connectivity index (χ0n) is 17.3. The molecule has 0 aliphatic rings. The van der Waals surface area contributed by atoms with E-state index < -0.39 is 11.9 Å². The van der Waals surface area contributed by atoms with Gasteiger partial charge in [0.25, 0.3) is 11.8 Å². The SMILES string of the molecule is C=CCC(NC(=O)c1cc(C)nn1-c1cccc(OCCC)c1)C(=O)N(C)OC. The summed E-state index contributed by atoms with van der Waals surface area (Å²) in [4.78, 5) is 30.3. The quantitative estimate of drug-likeness (QED) is 0.490. The van der Waals surface area contributed by atoms with Gasteiger partial charge in [0.2, 0.25) is 0 Å². The molecule has 1 aromatic carbocycles. The topological polar surface area (TPSA) is 85.7 Å². The lowest BCUT2D eigenvalue weighted by atomic mass is 10.1. The molecule has 0 saturated carbocycles. The lowest BCUT2D eigenvalue weighted by Gasteiger charge is -2.22. The predicted octanol–water partition coefficient (Wildman–Crippen LogP) is 2.66. The zero-order chi connectivity index (χ0) is 21.4. The fourth-order valence-electron chi connectivity index (χ4n) is 2.71. The van der Waals surface area contributed by atoms with Gasteiger partial charge in [0.15, 0.2) is 0 Å². The summed E-state index contributed by atoms with van der Waals surface area (Å²) >= 11 is 0. The van der Waals surface area contributed by atoms with Crippen molar-refractivity contribution in [3.8, 4) is 11.4 Å². The molecule has 2 aromatic rings. The van der Waals surface area contributed by atoms with Crippen LogP contribution in [0.25, 0.3) is 5.69 Å². The molecular formula is C21H28N4O4. The number of nitrogens with one attached hydrogen (secondary N) is 1. The summed E-state index contributed by atoms with van der Waals surface area (Å²) in [5, 5.41) is 8.26. The average molecular weight is 400 g/mol. The van der Waals surface area contributed by atoms with E-state index in [1.54, 1.807) is 23.7 Å². The number of carbonyl (C=O) groups is 2. The molecule has 0 bridgehead atoms. The standard InChI is InChI=1S/C21H28N4O4/c1-6-9-18(21(27)24(4)28-5)22-20(26)19-13-15(3)23-25(19)16-10-8-11-17(14-16)29-12-7-2/h6,8,10-11,13-14,18H,1,7,9,12H2,2-5H3,(H,22,26). The number of likely N-dealkylation sites (N-methyl/N-ethyl adjacent to an activating group) is 1. The lowest BCUT2D eigenvalue weighted by Crippen LogP contribution is -2.47. The number of carbonyl (C=O) groups excluding carboxylic acids is 2. The maximum absolute atomic E-state index is 13.0. The Balaban J connectivity index is 2.30. The van der Waals surface area contributed by atoms with Crippen LogP contribution in [0.1, 0.15) is 35.9 Å². The van der Waals surface area contributed by atoms with Crippen LogP contribution in [-0.4, -0.2) is 53.5 Å². The van der Waals surface area contributed by atoms with E-state index >= 15 is 0 Å². The highest BCUT2D eigenvalue weighted by atomic mass is 16.7. The third-order valence-electron chi connectivity index (χ3n) is 4.19. The number of amides is 2. The highest BCUT2D eigenvalue weighted by Gasteiger charge is 2.25. The van der Waals surface area contributed by atoms with Gasteiger partial charge in [-0.3, -0.25) is 14.4 Å². The number of aryl methyl sites for hydroxylation is 1. The maximum atomic E-state index is 13.0. The second kappa shape index (κ2) is 10.4. The maximum Gasteiger partial charge on any atom is 0.270 e. The molecule has 2 rings (SSSR count). The van der Waals surface area contributed by atoms with Gasteiger partial charge in [0, 0.05) is 13.1 Å². The summed E-state index contributed by atoms with van der Waals surface area (Å²) in [6.45, 7) is 8.10. The Morgan fingerprint density at radius 2 is 2.14 bits per heavy atom. The van der Waals surface area contributed by atoms with E-state index in [-0.39, 0.29) is 12.3 Å². The van der Waals surface area contributed by atoms with Crippen LogP contribution in [0.2, 0.25) is 0 Å². The zero-order valence-corrected chi connectivity index (χ0v) is 17.3. The van der Waals surface area contributed by atoms with Crippen LogP contribution >= 0.6 is 0 Å². The number of hydroxylamine groups is 2. The van der Waals surface area contributed by atoms with Gasteiger partial charge in [0.05, 0.1) is 25.1 Å². The van der Waals surface area contributed by atoms with Gasteiger partial charge in [0.1, 0.15) is 17.5 Å². The number of ether oxygens (including phenoxy) is 1. The minimum Gasteiger partial charge on any atom is -0.494 e. The summed E-state index contributed by atoms with van der Waals surface area (Å²) in [6, 6.07) is 8.24. The minimum atomic E-state index is -0.798. The second-order valence-electron chi connectivity index (χ2n) is 6.50. The van der Waals surface area contributed by atoms with E-state index in [1.807, 2.05) is 31.2 Å². The molecule has 0 fully saturated rings. The molecule has 156 valence electrons. The van der Waals surface area contributed by atoms with Crippen molar-refractivity contribution in [1.29, 1.82) is 0 Å². The molecule has 8 heteroatoms. The number of rotatable bonds is 10. The highest BCUT2D eigenvalue weighted by Crippen LogP contribution is 2.19. The number of hydrogen-bond acceptors (Lipinski definition) is 5. The molecule has 8 nitrogen and oxygen atoms in total. The van der Waals surface area contributed by atoms with Crippen LogP contribution in [0.4, 0.5) is 0 Å². The normalized spacial score (nSPS) is 11.6. The Labute approximate surface area is 171 Å². The lowest BCUT2D eigenvalue weighted by molar-refractivity contribution is -0.170. The van der Waals surface area contributed by atoms with E-state index in [9.17, 15) is 9.59 Å². The van der Waals surface area contributed by atoms with Gasteiger partial charge in [-0.2, -0.15) is 5.10 Å². The van der Waals surface area contributed by atoms with Crippen LogP contribution in [-0.2, 0) is 9.63 Å². The highest BCUT2D eigenvalue weighted by molar-refractivity contribution is 5.96. The van der Waals surface area contributed by atoms with Gasteiger partial charge < -0.3 is 10.1 Å². The van der Waals surface area contributed by atoms with Gasteiger partial charge in [-0.05, 0) is 38.0 Å². The van der Waals surface area contributed by atoms with Crippen molar-refractivity contribution in [2.24, 2.45) is 0 Å². The number of nitrogens with zero attached hydrogens (tertiary/aromatic N) is 3. The minimum absolute atomic E-state index is 0.270. The van der Waals surface area contributed by atoms with Crippen LogP contribution < -0.4 is 10.1 Å².